The van der Waals surface area contributed by atoms with E-state index >= 15 is 0 Å². The van der Waals surface area contributed by atoms with Crippen molar-refractivity contribution in [3.05, 3.63) is 53.3 Å². The van der Waals surface area contributed by atoms with E-state index in [1.54, 1.807) is 6.20 Å². The molecular formula is C18H18ClN5O. The molecule has 3 aromatic rings. The lowest BCUT2D eigenvalue weighted by molar-refractivity contribution is 0.333. The van der Waals surface area contributed by atoms with Crippen LogP contribution in [-0.4, -0.2) is 33.2 Å². The third-order valence-electron chi connectivity index (χ3n) is 4.40. The molecule has 0 aliphatic carbocycles. The van der Waals surface area contributed by atoms with Gasteiger partial charge in [0.25, 0.3) is 0 Å². The van der Waals surface area contributed by atoms with Gasteiger partial charge in [0, 0.05) is 29.9 Å². The summed E-state index contributed by atoms with van der Waals surface area (Å²) in [5.74, 6) is 3.22. The van der Waals surface area contributed by atoms with Crippen LogP contribution < -0.4 is 4.90 Å². The molecule has 1 aliphatic heterocycles. The van der Waals surface area contributed by atoms with E-state index in [1.165, 1.54) is 0 Å². The first-order valence-electron chi connectivity index (χ1n) is 8.33. The molecule has 1 saturated heterocycles. The molecule has 25 heavy (non-hydrogen) atoms. The quantitative estimate of drug-likeness (QED) is 0.710. The van der Waals surface area contributed by atoms with Crippen molar-refractivity contribution in [3.8, 4) is 11.4 Å². The maximum Gasteiger partial charge on any atom is 0.231 e. The van der Waals surface area contributed by atoms with Gasteiger partial charge in [0.15, 0.2) is 0 Å². The summed E-state index contributed by atoms with van der Waals surface area (Å²) in [5.41, 5.74) is 0.901. The summed E-state index contributed by atoms with van der Waals surface area (Å²) in [6.07, 6.45) is 3.89. The van der Waals surface area contributed by atoms with Crippen molar-refractivity contribution in [1.29, 1.82) is 0 Å². The zero-order chi connectivity index (χ0) is 17.2. The summed E-state index contributed by atoms with van der Waals surface area (Å²) in [5, 5.41) is 4.82. The Morgan fingerprint density at radius 1 is 1.16 bits per heavy atom. The van der Waals surface area contributed by atoms with Gasteiger partial charge in [-0.2, -0.15) is 4.98 Å². The first kappa shape index (κ1) is 16.0. The number of halogens is 1. The van der Waals surface area contributed by atoms with Gasteiger partial charge in [-0.1, -0.05) is 16.8 Å². The fourth-order valence-electron chi connectivity index (χ4n) is 3.12. The first-order valence-corrected chi connectivity index (χ1v) is 8.71. The van der Waals surface area contributed by atoms with Gasteiger partial charge in [-0.05, 0) is 50.1 Å². The third-order valence-corrected chi connectivity index (χ3v) is 4.65. The molecule has 1 aliphatic rings. The molecule has 7 heteroatoms. The van der Waals surface area contributed by atoms with Crippen molar-refractivity contribution in [2.75, 3.05) is 18.0 Å². The van der Waals surface area contributed by atoms with Crippen LogP contribution in [-0.2, 0) is 0 Å². The van der Waals surface area contributed by atoms with Gasteiger partial charge >= 0.3 is 0 Å². The van der Waals surface area contributed by atoms with Crippen LogP contribution in [0.4, 0.5) is 5.82 Å². The van der Waals surface area contributed by atoms with Crippen LogP contribution in [0, 0.1) is 6.92 Å². The fourth-order valence-corrected chi connectivity index (χ4v) is 3.25. The Hall–Kier alpha value is -2.47. The van der Waals surface area contributed by atoms with Crippen LogP contribution in [0.2, 0.25) is 5.02 Å². The summed E-state index contributed by atoms with van der Waals surface area (Å²) in [7, 11) is 0. The predicted molar refractivity (Wildman–Crippen MR) is 95.7 cm³/mol. The Morgan fingerprint density at radius 3 is 2.80 bits per heavy atom. The topological polar surface area (TPSA) is 67.9 Å². The van der Waals surface area contributed by atoms with Gasteiger partial charge in [0.2, 0.25) is 11.7 Å². The molecular weight excluding hydrogens is 338 g/mol. The number of piperidine rings is 1. The van der Waals surface area contributed by atoms with Gasteiger partial charge < -0.3 is 9.42 Å². The predicted octanol–water partition coefficient (Wildman–Crippen LogP) is 3.87. The number of aryl methyl sites for hydroxylation is 1. The summed E-state index contributed by atoms with van der Waals surface area (Å²) in [4.78, 5) is 15.5. The first-order chi connectivity index (χ1) is 12.2. The van der Waals surface area contributed by atoms with Crippen LogP contribution in [0.5, 0.6) is 0 Å². The average Bonchev–Trinajstić information content (AvgIpc) is 3.13. The highest BCUT2D eigenvalue weighted by molar-refractivity contribution is 6.30. The minimum absolute atomic E-state index is 0.206. The number of hydrogen-bond donors (Lipinski definition) is 0. The van der Waals surface area contributed by atoms with E-state index in [1.807, 2.05) is 37.3 Å². The molecule has 0 N–H and O–H groups in total. The highest BCUT2D eigenvalue weighted by Gasteiger charge is 2.27. The minimum atomic E-state index is 0.206. The lowest BCUT2D eigenvalue weighted by Crippen LogP contribution is -2.35. The molecule has 1 aromatic carbocycles. The second-order valence-corrected chi connectivity index (χ2v) is 6.65. The molecule has 0 saturated carbocycles. The van der Waals surface area contributed by atoms with Crippen LogP contribution in [0.25, 0.3) is 11.4 Å². The lowest BCUT2D eigenvalue weighted by Gasteiger charge is -2.31. The van der Waals surface area contributed by atoms with Crippen molar-refractivity contribution < 1.29 is 4.52 Å². The number of nitrogens with zero attached hydrogens (tertiary/aromatic N) is 5. The Bertz CT molecular complexity index is 864. The Kier molecular flexibility index (Phi) is 4.36. The SMILES string of the molecule is Cc1nccc(N2CCCC(c3nc(-c4ccc(Cl)cc4)no3)C2)n1. The second-order valence-electron chi connectivity index (χ2n) is 6.21. The Labute approximate surface area is 150 Å². The summed E-state index contributed by atoms with van der Waals surface area (Å²) >= 11 is 5.93. The number of anilines is 1. The normalized spacial score (nSPS) is 17.7. The maximum atomic E-state index is 5.93. The summed E-state index contributed by atoms with van der Waals surface area (Å²) in [6, 6.07) is 9.39. The number of rotatable bonds is 3. The van der Waals surface area contributed by atoms with Crippen LogP contribution in [0.1, 0.15) is 30.5 Å². The van der Waals surface area contributed by atoms with Gasteiger partial charge in [0.05, 0.1) is 5.92 Å². The molecule has 1 unspecified atom stereocenters. The summed E-state index contributed by atoms with van der Waals surface area (Å²) in [6.45, 7) is 3.70. The molecule has 4 rings (SSSR count). The fraction of sp³-hybridized carbons (Fsp3) is 0.333. The van der Waals surface area contributed by atoms with Gasteiger partial charge in [-0.15, -0.1) is 0 Å². The number of aromatic nitrogens is 4. The minimum Gasteiger partial charge on any atom is -0.356 e. The van der Waals surface area contributed by atoms with Crippen LogP contribution >= 0.6 is 11.6 Å². The average molecular weight is 356 g/mol. The van der Waals surface area contributed by atoms with E-state index in [2.05, 4.69) is 25.0 Å². The lowest BCUT2D eigenvalue weighted by atomic mass is 9.98. The van der Waals surface area contributed by atoms with E-state index in [9.17, 15) is 0 Å². The zero-order valence-corrected chi connectivity index (χ0v) is 14.6. The summed E-state index contributed by atoms with van der Waals surface area (Å²) < 4.78 is 5.54. The Morgan fingerprint density at radius 2 is 2.00 bits per heavy atom. The van der Waals surface area contributed by atoms with E-state index in [4.69, 9.17) is 16.1 Å². The zero-order valence-electron chi connectivity index (χ0n) is 13.9. The molecule has 0 bridgehead atoms. The van der Waals surface area contributed by atoms with E-state index < -0.39 is 0 Å². The van der Waals surface area contributed by atoms with Gasteiger partial charge in [-0.25, -0.2) is 9.97 Å². The maximum absolute atomic E-state index is 5.93. The van der Waals surface area contributed by atoms with Crippen molar-refractivity contribution in [2.24, 2.45) is 0 Å². The van der Waals surface area contributed by atoms with Crippen LogP contribution in [0.3, 0.4) is 0 Å². The molecule has 0 spiro atoms. The standard InChI is InChI=1S/C18H18ClN5O/c1-12-20-9-8-16(21-12)24-10-2-3-14(11-24)18-22-17(23-25-18)13-4-6-15(19)7-5-13/h4-9,14H,2-3,10-11H2,1H3. The molecule has 0 radical (unpaired) electrons. The molecule has 1 fully saturated rings. The second kappa shape index (κ2) is 6.80. The molecule has 128 valence electrons. The molecule has 0 amide bonds. The van der Waals surface area contributed by atoms with Gasteiger partial charge in [-0.3, -0.25) is 0 Å². The van der Waals surface area contributed by atoms with E-state index in [-0.39, 0.29) is 5.92 Å². The van der Waals surface area contributed by atoms with E-state index in [0.717, 1.165) is 43.1 Å². The number of benzene rings is 1. The van der Waals surface area contributed by atoms with E-state index in [0.29, 0.717) is 16.7 Å². The Balaban J connectivity index is 1.53. The van der Waals surface area contributed by atoms with Crippen molar-refractivity contribution in [1.82, 2.24) is 20.1 Å². The third kappa shape index (κ3) is 3.49. The largest absolute Gasteiger partial charge is 0.356 e. The molecule has 3 heterocycles. The number of hydrogen-bond acceptors (Lipinski definition) is 6. The highest BCUT2D eigenvalue weighted by atomic mass is 35.5. The smallest absolute Gasteiger partial charge is 0.231 e. The monoisotopic (exact) mass is 355 g/mol. The molecule has 1 atom stereocenters. The van der Waals surface area contributed by atoms with Crippen LogP contribution in [0.15, 0.2) is 41.1 Å². The van der Waals surface area contributed by atoms with Crippen molar-refractivity contribution in [3.63, 3.8) is 0 Å². The van der Waals surface area contributed by atoms with Gasteiger partial charge in [0.1, 0.15) is 11.6 Å². The molecule has 2 aromatic heterocycles. The highest BCUT2D eigenvalue weighted by Crippen LogP contribution is 2.29. The van der Waals surface area contributed by atoms with Crippen molar-refractivity contribution in [2.45, 2.75) is 25.7 Å². The molecule has 6 nitrogen and oxygen atoms in total. The van der Waals surface area contributed by atoms with Crippen molar-refractivity contribution >= 4 is 17.4 Å².